The van der Waals surface area contributed by atoms with Gasteiger partial charge in [0.15, 0.2) is 0 Å². The van der Waals surface area contributed by atoms with Crippen molar-refractivity contribution in [2.75, 3.05) is 6.61 Å². The molecule has 15 heavy (non-hydrogen) atoms. The van der Waals surface area contributed by atoms with E-state index in [1.54, 1.807) is 0 Å². The summed E-state index contributed by atoms with van der Waals surface area (Å²) in [6.07, 6.45) is 3.98. The molecule has 0 aliphatic heterocycles. The Labute approximate surface area is 104 Å². The Morgan fingerprint density at radius 1 is 1.40 bits per heavy atom. The third-order valence-corrected chi connectivity index (χ3v) is 3.82. The van der Waals surface area contributed by atoms with Gasteiger partial charge >= 0.3 is 0 Å². The Hall–Kier alpha value is -0.210. The highest BCUT2D eigenvalue weighted by atomic mass is 79.9. The smallest absolute Gasteiger partial charge is 0.124 e. The molecule has 0 unspecified atom stereocenters. The average molecular weight is 290 g/mol. The van der Waals surface area contributed by atoms with Crippen LogP contribution in [0.5, 0.6) is 5.75 Å². The van der Waals surface area contributed by atoms with E-state index in [4.69, 9.17) is 16.3 Å². The van der Waals surface area contributed by atoms with Crippen molar-refractivity contribution in [1.29, 1.82) is 0 Å². The van der Waals surface area contributed by atoms with Crippen LogP contribution in [0.1, 0.15) is 24.8 Å². The van der Waals surface area contributed by atoms with Crippen LogP contribution in [-0.2, 0) is 5.33 Å². The van der Waals surface area contributed by atoms with Gasteiger partial charge in [-0.2, -0.15) is 0 Å². The topological polar surface area (TPSA) is 9.23 Å². The van der Waals surface area contributed by atoms with Crippen molar-refractivity contribution in [1.82, 2.24) is 0 Å². The lowest BCUT2D eigenvalue weighted by Crippen LogP contribution is -2.19. The summed E-state index contributed by atoms with van der Waals surface area (Å²) in [4.78, 5) is 0. The molecule has 1 nitrogen and oxygen atoms in total. The van der Waals surface area contributed by atoms with Crippen LogP contribution >= 0.6 is 27.5 Å². The minimum absolute atomic E-state index is 0.743. The molecule has 0 radical (unpaired) electrons. The fourth-order valence-corrected chi connectivity index (χ4v) is 2.64. The maximum absolute atomic E-state index is 6.08. The molecule has 0 aromatic heterocycles. The molecule has 1 aliphatic rings. The zero-order valence-electron chi connectivity index (χ0n) is 8.51. The fourth-order valence-electron chi connectivity index (χ4n) is 1.67. The number of rotatable bonds is 4. The Morgan fingerprint density at radius 2 is 2.20 bits per heavy atom. The number of ether oxygens (including phenoxy) is 1. The summed E-state index contributed by atoms with van der Waals surface area (Å²) in [5, 5.41) is 1.52. The molecule has 0 atom stereocenters. The van der Waals surface area contributed by atoms with Gasteiger partial charge < -0.3 is 4.74 Å². The lowest BCUT2D eigenvalue weighted by Gasteiger charge is -2.25. The monoisotopic (exact) mass is 288 g/mol. The molecule has 0 spiro atoms. The second-order valence-corrected chi connectivity index (χ2v) is 4.93. The van der Waals surface area contributed by atoms with Gasteiger partial charge in [0.25, 0.3) is 0 Å². The normalized spacial score (nSPS) is 16.1. The van der Waals surface area contributed by atoms with Gasteiger partial charge in [0.1, 0.15) is 5.75 Å². The van der Waals surface area contributed by atoms with Crippen LogP contribution in [0.4, 0.5) is 0 Å². The van der Waals surface area contributed by atoms with E-state index in [2.05, 4.69) is 15.9 Å². The van der Waals surface area contributed by atoms with Crippen molar-refractivity contribution < 1.29 is 4.74 Å². The molecular formula is C12H14BrClO. The van der Waals surface area contributed by atoms with E-state index in [0.29, 0.717) is 0 Å². The van der Waals surface area contributed by atoms with E-state index < -0.39 is 0 Å². The van der Waals surface area contributed by atoms with Crippen molar-refractivity contribution in [2.45, 2.75) is 24.6 Å². The highest BCUT2D eigenvalue weighted by Gasteiger charge is 2.18. The van der Waals surface area contributed by atoms with Crippen LogP contribution in [0, 0.1) is 5.92 Å². The zero-order chi connectivity index (χ0) is 10.7. The summed E-state index contributed by atoms with van der Waals surface area (Å²) >= 11 is 9.52. The number of hydrogen-bond donors (Lipinski definition) is 0. The van der Waals surface area contributed by atoms with Gasteiger partial charge in [0.05, 0.1) is 6.61 Å². The zero-order valence-corrected chi connectivity index (χ0v) is 10.9. The lowest BCUT2D eigenvalue weighted by molar-refractivity contribution is 0.180. The molecule has 1 aromatic carbocycles. The molecule has 82 valence electrons. The SMILES string of the molecule is Clc1cccc(OCC2CCC2)c1CBr. The molecule has 0 N–H and O–H groups in total. The van der Waals surface area contributed by atoms with Crippen LogP contribution in [0.15, 0.2) is 18.2 Å². The van der Waals surface area contributed by atoms with Gasteiger partial charge in [-0.15, -0.1) is 0 Å². The summed E-state index contributed by atoms with van der Waals surface area (Å²) < 4.78 is 5.80. The number of alkyl halides is 1. The summed E-state index contributed by atoms with van der Waals surface area (Å²) in [6.45, 7) is 0.834. The first kappa shape index (κ1) is 11.3. The van der Waals surface area contributed by atoms with Gasteiger partial charge in [-0.25, -0.2) is 0 Å². The van der Waals surface area contributed by atoms with Gasteiger partial charge in [-0.05, 0) is 30.9 Å². The van der Waals surface area contributed by atoms with Crippen LogP contribution in [0.25, 0.3) is 0 Å². The van der Waals surface area contributed by atoms with Crippen molar-refractivity contribution >= 4 is 27.5 Å². The van der Waals surface area contributed by atoms with Gasteiger partial charge in [0.2, 0.25) is 0 Å². The molecule has 1 saturated carbocycles. The standard InChI is InChI=1S/C12H14BrClO/c13-7-10-11(14)5-2-6-12(10)15-8-9-3-1-4-9/h2,5-6,9H,1,3-4,7-8H2. The van der Waals surface area contributed by atoms with Crippen LogP contribution in [0.2, 0.25) is 5.02 Å². The van der Waals surface area contributed by atoms with Gasteiger partial charge in [-0.3, -0.25) is 0 Å². The van der Waals surface area contributed by atoms with Crippen molar-refractivity contribution in [2.24, 2.45) is 5.92 Å². The number of hydrogen-bond acceptors (Lipinski definition) is 1. The largest absolute Gasteiger partial charge is 0.493 e. The molecule has 0 saturated heterocycles. The number of halogens is 2. The van der Waals surface area contributed by atoms with Crippen LogP contribution in [0.3, 0.4) is 0 Å². The molecule has 0 amide bonds. The Morgan fingerprint density at radius 3 is 2.80 bits per heavy atom. The van der Waals surface area contributed by atoms with Crippen molar-refractivity contribution in [3.8, 4) is 5.75 Å². The number of benzene rings is 1. The summed E-state index contributed by atoms with van der Waals surface area (Å²) in [7, 11) is 0. The first-order chi connectivity index (χ1) is 7.31. The van der Waals surface area contributed by atoms with Gasteiger partial charge in [-0.1, -0.05) is 40.0 Å². The maximum Gasteiger partial charge on any atom is 0.124 e. The Bertz CT molecular complexity index is 336. The van der Waals surface area contributed by atoms with E-state index >= 15 is 0 Å². The quantitative estimate of drug-likeness (QED) is 0.746. The van der Waals surface area contributed by atoms with E-state index in [1.807, 2.05) is 18.2 Å². The fraction of sp³-hybridized carbons (Fsp3) is 0.500. The molecule has 1 aromatic rings. The summed E-state index contributed by atoms with van der Waals surface area (Å²) in [5.41, 5.74) is 1.05. The highest BCUT2D eigenvalue weighted by molar-refractivity contribution is 9.08. The summed E-state index contributed by atoms with van der Waals surface area (Å²) in [5.74, 6) is 1.68. The van der Waals surface area contributed by atoms with Crippen molar-refractivity contribution in [3.63, 3.8) is 0 Å². The Kier molecular flexibility index (Phi) is 3.92. The third-order valence-electron chi connectivity index (χ3n) is 2.91. The third kappa shape index (κ3) is 2.67. The minimum atomic E-state index is 0.743. The van der Waals surface area contributed by atoms with Crippen LogP contribution < -0.4 is 4.74 Å². The average Bonchev–Trinajstić information content (AvgIpc) is 2.15. The van der Waals surface area contributed by atoms with E-state index in [-0.39, 0.29) is 0 Å². The predicted molar refractivity (Wildman–Crippen MR) is 66.9 cm³/mol. The van der Waals surface area contributed by atoms with Gasteiger partial charge in [0, 0.05) is 15.9 Å². The minimum Gasteiger partial charge on any atom is -0.493 e. The second-order valence-electron chi connectivity index (χ2n) is 3.96. The van der Waals surface area contributed by atoms with Crippen LogP contribution in [-0.4, -0.2) is 6.61 Å². The maximum atomic E-state index is 6.08. The first-order valence-corrected chi connectivity index (χ1v) is 6.77. The van der Waals surface area contributed by atoms with Crippen molar-refractivity contribution in [3.05, 3.63) is 28.8 Å². The Balaban J connectivity index is 2.02. The van der Waals surface area contributed by atoms with E-state index in [0.717, 1.165) is 34.2 Å². The second kappa shape index (κ2) is 5.22. The molecule has 0 bridgehead atoms. The van der Waals surface area contributed by atoms with E-state index in [1.165, 1.54) is 19.3 Å². The highest BCUT2D eigenvalue weighted by Crippen LogP contribution is 2.31. The summed E-state index contributed by atoms with van der Waals surface area (Å²) in [6, 6.07) is 5.82. The first-order valence-electron chi connectivity index (χ1n) is 5.27. The molecule has 0 heterocycles. The molecule has 2 rings (SSSR count). The molecule has 1 fully saturated rings. The molecule has 3 heteroatoms. The molecular weight excluding hydrogens is 275 g/mol. The molecule has 1 aliphatic carbocycles. The van der Waals surface area contributed by atoms with E-state index in [9.17, 15) is 0 Å². The predicted octanol–water partition coefficient (Wildman–Crippen LogP) is 4.41. The lowest BCUT2D eigenvalue weighted by atomic mass is 9.86.